The van der Waals surface area contributed by atoms with Crippen LogP contribution in [0.5, 0.6) is 0 Å². The molecule has 2 heteroatoms. The predicted molar refractivity (Wildman–Crippen MR) is 11.1 cm³/mol. The Balaban J connectivity index is 2.30. The average molecular weight is 61.0 g/mol. The molecule has 0 heterocycles. The average Bonchev–Trinajstić information content (AvgIpc) is 1.37. The lowest BCUT2D eigenvalue weighted by atomic mass is 11.2. The first-order valence-corrected chi connectivity index (χ1v) is 0.712. The number of halogens is 1. The van der Waals surface area contributed by atoms with Gasteiger partial charge in [-0.15, -0.1) is 0 Å². The molecule has 0 bridgehead atoms. The van der Waals surface area contributed by atoms with Gasteiger partial charge in [-0.2, -0.15) is 0 Å². The number of hydrogen-bond acceptors (Lipinski definition) is 1. The molecular formula is C2H2FO. The Kier molecular flexibility index (Phi) is 2.14. The van der Waals surface area contributed by atoms with Gasteiger partial charge >= 0.3 is 0 Å². The third-order valence-electron chi connectivity index (χ3n) is 0.0546. The van der Waals surface area contributed by atoms with Crippen molar-refractivity contribution in [2.24, 2.45) is 0 Å². The molecule has 0 aromatic heterocycles. The normalized spacial score (nSPS) is 5.25. The van der Waals surface area contributed by atoms with Crippen molar-refractivity contribution in [1.82, 2.24) is 0 Å². The van der Waals surface area contributed by atoms with Crippen molar-refractivity contribution in [2.75, 3.05) is 0 Å². The second kappa shape index (κ2) is 2.47. The zero-order chi connectivity index (χ0) is 3.41. The van der Waals surface area contributed by atoms with Crippen LogP contribution in [-0.4, -0.2) is 0 Å². The molecule has 0 aromatic carbocycles. The summed E-state index contributed by atoms with van der Waals surface area (Å²) < 4.78 is 10.0. The van der Waals surface area contributed by atoms with Crippen molar-refractivity contribution in [3.8, 4) is 0 Å². The van der Waals surface area contributed by atoms with Gasteiger partial charge in [-0.3, -0.25) is 4.94 Å². The summed E-state index contributed by atoms with van der Waals surface area (Å²) in [5.74, 6) is 0. The zero-order valence-electron chi connectivity index (χ0n) is 1.99. The minimum absolute atomic E-state index is 1.51. The fourth-order valence-electron chi connectivity index (χ4n) is 0. The maximum atomic E-state index is 10.0. The van der Waals surface area contributed by atoms with E-state index < -0.39 is 0 Å². The van der Waals surface area contributed by atoms with Crippen LogP contribution in [-0.2, 0) is 4.94 Å². The van der Waals surface area contributed by atoms with Gasteiger partial charge in [-0.25, -0.2) is 0 Å². The molecular weight excluding hydrogens is 59.0 g/mol. The van der Waals surface area contributed by atoms with Gasteiger partial charge in [-0.1, -0.05) is 0 Å². The van der Waals surface area contributed by atoms with E-state index in [2.05, 4.69) is 11.5 Å². The van der Waals surface area contributed by atoms with E-state index in [1.165, 1.54) is 6.26 Å². The lowest BCUT2D eigenvalue weighted by molar-refractivity contribution is -0.0746. The van der Waals surface area contributed by atoms with Gasteiger partial charge in [-0.05, 0) is 6.58 Å². The SMILES string of the molecule is C=[C]OF. The van der Waals surface area contributed by atoms with E-state index in [-0.39, 0.29) is 0 Å². The summed E-state index contributed by atoms with van der Waals surface area (Å²) in [5.41, 5.74) is 0. The van der Waals surface area contributed by atoms with Crippen molar-refractivity contribution in [3.05, 3.63) is 12.8 Å². The molecule has 4 heavy (non-hydrogen) atoms. The molecule has 0 aliphatic heterocycles. The molecule has 0 saturated carbocycles. The zero-order valence-corrected chi connectivity index (χ0v) is 1.99. The van der Waals surface area contributed by atoms with Crippen LogP contribution in [0, 0.1) is 6.26 Å². The third kappa shape index (κ3) is 1.47. The Hall–Kier alpha value is -0.530. The van der Waals surface area contributed by atoms with E-state index >= 15 is 0 Å². The third-order valence-corrected chi connectivity index (χ3v) is 0.0546. The van der Waals surface area contributed by atoms with Gasteiger partial charge in [0.25, 0.3) is 0 Å². The molecule has 0 aliphatic rings. The molecule has 0 aromatic rings. The van der Waals surface area contributed by atoms with Crippen LogP contribution in [0.25, 0.3) is 0 Å². The molecule has 0 rings (SSSR count). The second-order valence-corrected chi connectivity index (χ2v) is 0.221. The molecule has 0 spiro atoms. The van der Waals surface area contributed by atoms with Gasteiger partial charge in [0.05, 0.1) is 0 Å². The van der Waals surface area contributed by atoms with E-state index in [9.17, 15) is 4.53 Å². The molecule has 0 atom stereocenters. The summed E-state index contributed by atoms with van der Waals surface area (Å²) in [5, 5.41) is 0. The molecule has 0 fully saturated rings. The van der Waals surface area contributed by atoms with E-state index in [1.54, 1.807) is 0 Å². The Morgan fingerprint density at radius 2 is 2.25 bits per heavy atom. The van der Waals surface area contributed by atoms with Gasteiger partial charge in [0, 0.05) is 4.53 Å². The van der Waals surface area contributed by atoms with E-state index in [1.807, 2.05) is 0 Å². The van der Waals surface area contributed by atoms with Crippen molar-refractivity contribution in [1.29, 1.82) is 0 Å². The second-order valence-electron chi connectivity index (χ2n) is 0.221. The number of rotatable bonds is 1. The Labute approximate surface area is 23.6 Å². The molecule has 1 nitrogen and oxygen atoms in total. The topological polar surface area (TPSA) is 9.23 Å². The first-order valence-electron chi connectivity index (χ1n) is 0.712. The van der Waals surface area contributed by atoms with Gasteiger partial charge in [0.15, 0.2) is 0 Å². The maximum absolute atomic E-state index is 10.0. The van der Waals surface area contributed by atoms with Crippen LogP contribution in [0.2, 0.25) is 0 Å². The lowest BCUT2D eigenvalue weighted by Gasteiger charge is -1.59. The Bertz CT molecular complexity index is 20.0. The van der Waals surface area contributed by atoms with E-state index in [0.717, 1.165) is 0 Å². The van der Waals surface area contributed by atoms with Crippen LogP contribution >= 0.6 is 0 Å². The van der Waals surface area contributed by atoms with Gasteiger partial charge < -0.3 is 0 Å². The Morgan fingerprint density at radius 1 is 2.00 bits per heavy atom. The van der Waals surface area contributed by atoms with Crippen molar-refractivity contribution < 1.29 is 9.47 Å². The minimum Gasteiger partial charge on any atom is -0.291 e. The summed E-state index contributed by atoms with van der Waals surface area (Å²) in [4.78, 5) is 2.68. The summed E-state index contributed by atoms with van der Waals surface area (Å²) in [6.07, 6.45) is 1.51. The van der Waals surface area contributed by atoms with E-state index in [4.69, 9.17) is 0 Å². The smallest absolute Gasteiger partial charge is 0.210 e. The summed E-state index contributed by atoms with van der Waals surface area (Å²) in [7, 11) is 0. The standard InChI is InChI=1S/C2H2FO/c1-2-4-3/h1H2. The summed E-state index contributed by atoms with van der Waals surface area (Å²) in [6, 6.07) is 0. The maximum Gasteiger partial charge on any atom is 0.210 e. The monoisotopic (exact) mass is 61.0 g/mol. The molecule has 1 radical (unpaired) electrons. The van der Waals surface area contributed by atoms with Crippen molar-refractivity contribution in [2.45, 2.75) is 0 Å². The summed E-state index contributed by atoms with van der Waals surface area (Å²) in [6.45, 7) is 2.76. The highest BCUT2D eigenvalue weighted by Crippen LogP contribution is 1.61. The van der Waals surface area contributed by atoms with Crippen LogP contribution in [0.15, 0.2) is 6.58 Å². The highest BCUT2D eigenvalue weighted by molar-refractivity contribution is 4.26. The molecule has 0 N–H and O–H groups in total. The van der Waals surface area contributed by atoms with Crippen LogP contribution in [0.3, 0.4) is 0 Å². The summed E-state index contributed by atoms with van der Waals surface area (Å²) >= 11 is 0. The highest BCUT2D eigenvalue weighted by Gasteiger charge is 1.47. The van der Waals surface area contributed by atoms with Crippen LogP contribution < -0.4 is 0 Å². The molecule has 0 saturated heterocycles. The highest BCUT2D eigenvalue weighted by atomic mass is 19.3. The molecule has 0 aliphatic carbocycles. The fourth-order valence-corrected chi connectivity index (χ4v) is 0. The van der Waals surface area contributed by atoms with E-state index in [0.29, 0.717) is 0 Å². The molecule has 0 unspecified atom stereocenters. The molecule has 0 amide bonds. The first-order chi connectivity index (χ1) is 1.91. The van der Waals surface area contributed by atoms with Crippen LogP contribution in [0.4, 0.5) is 4.53 Å². The van der Waals surface area contributed by atoms with Gasteiger partial charge in [0.2, 0.25) is 6.26 Å². The first kappa shape index (κ1) is 3.47. The Morgan fingerprint density at radius 3 is 2.25 bits per heavy atom. The van der Waals surface area contributed by atoms with Crippen molar-refractivity contribution >= 4 is 0 Å². The largest absolute Gasteiger partial charge is 0.291 e. The molecule has 23 valence electrons. The van der Waals surface area contributed by atoms with Crippen LogP contribution in [0.1, 0.15) is 0 Å². The number of hydrogen-bond donors (Lipinski definition) is 0. The quantitative estimate of drug-likeness (QED) is 0.408. The predicted octanol–water partition coefficient (Wildman–Crippen LogP) is 0.834. The minimum atomic E-state index is 1.51. The fraction of sp³-hybridized carbons (Fsp3) is 0. The van der Waals surface area contributed by atoms with Gasteiger partial charge in [0.1, 0.15) is 0 Å². The van der Waals surface area contributed by atoms with Crippen molar-refractivity contribution in [3.63, 3.8) is 0 Å². The lowest BCUT2D eigenvalue weighted by Crippen LogP contribution is -1.44.